The van der Waals surface area contributed by atoms with Gasteiger partial charge in [0.2, 0.25) is 5.91 Å². The monoisotopic (exact) mass is 451 g/mol. The molecule has 2 aromatic rings. The number of rotatable bonds is 6. The lowest BCUT2D eigenvalue weighted by Gasteiger charge is -2.34. The number of piperazine rings is 1. The first-order valence-electron chi connectivity index (χ1n) is 11.5. The smallest absolute Gasteiger partial charge is 0.229 e. The number of nitriles is 1. The fourth-order valence-electron chi connectivity index (χ4n) is 4.05. The first kappa shape index (κ1) is 23.2. The van der Waals surface area contributed by atoms with E-state index in [0.717, 1.165) is 59.7 Å². The molecule has 1 amide bonds. The molecule has 1 fully saturated rings. The van der Waals surface area contributed by atoms with Crippen molar-refractivity contribution in [2.45, 2.75) is 13.3 Å². The SMILES string of the molecule is C=C1C=CC=C(c2ccc(CC(=O)Nc3ccc(N4CCN(CC#N)CC4)cn3)cc2)C=C1C. The summed E-state index contributed by atoms with van der Waals surface area (Å²) in [4.78, 5) is 21.4. The number of hydrogen-bond acceptors (Lipinski definition) is 5. The van der Waals surface area contributed by atoms with Crippen LogP contribution < -0.4 is 10.2 Å². The Morgan fingerprint density at radius 1 is 1.15 bits per heavy atom. The van der Waals surface area contributed by atoms with Gasteiger partial charge in [-0.1, -0.05) is 55.1 Å². The Hall–Kier alpha value is -3.95. The largest absolute Gasteiger partial charge is 0.368 e. The second-order valence-electron chi connectivity index (χ2n) is 8.58. The Morgan fingerprint density at radius 3 is 2.59 bits per heavy atom. The van der Waals surface area contributed by atoms with Gasteiger partial charge in [0.1, 0.15) is 5.82 Å². The Labute approximate surface area is 201 Å². The first-order valence-corrected chi connectivity index (χ1v) is 11.5. The summed E-state index contributed by atoms with van der Waals surface area (Å²) in [6, 6.07) is 14.1. The summed E-state index contributed by atoms with van der Waals surface area (Å²) in [6.45, 7) is 10.0. The van der Waals surface area contributed by atoms with E-state index in [1.54, 1.807) is 6.20 Å². The van der Waals surface area contributed by atoms with E-state index in [1.165, 1.54) is 0 Å². The van der Waals surface area contributed by atoms with Crippen LogP contribution in [0.25, 0.3) is 5.57 Å². The topological polar surface area (TPSA) is 72.3 Å². The average molecular weight is 452 g/mol. The maximum Gasteiger partial charge on any atom is 0.229 e. The number of aromatic nitrogens is 1. The van der Waals surface area contributed by atoms with Gasteiger partial charge in [0.25, 0.3) is 0 Å². The number of carbonyl (C=O) groups excluding carboxylic acids is 1. The van der Waals surface area contributed by atoms with Crippen LogP contribution in [0.15, 0.2) is 84.6 Å². The maximum atomic E-state index is 12.5. The highest BCUT2D eigenvalue weighted by Crippen LogP contribution is 2.24. The average Bonchev–Trinajstić information content (AvgIpc) is 3.01. The quantitative estimate of drug-likeness (QED) is 0.661. The Kier molecular flexibility index (Phi) is 7.36. The van der Waals surface area contributed by atoms with Crippen LogP contribution in [0.4, 0.5) is 11.5 Å². The third kappa shape index (κ3) is 5.89. The lowest BCUT2D eigenvalue weighted by molar-refractivity contribution is -0.115. The van der Waals surface area contributed by atoms with Crippen LogP contribution in [0.5, 0.6) is 0 Å². The van der Waals surface area contributed by atoms with E-state index in [4.69, 9.17) is 5.26 Å². The van der Waals surface area contributed by atoms with Gasteiger partial charge in [-0.3, -0.25) is 9.69 Å². The van der Waals surface area contributed by atoms with Gasteiger partial charge in [0.15, 0.2) is 0 Å². The van der Waals surface area contributed by atoms with Gasteiger partial charge in [-0.15, -0.1) is 0 Å². The number of anilines is 2. The number of amides is 1. The van der Waals surface area contributed by atoms with Crippen molar-refractivity contribution in [1.82, 2.24) is 9.88 Å². The van der Waals surface area contributed by atoms with Crippen molar-refractivity contribution in [2.24, 2.45) is 0 Å². The van der Waals surface area contributed by atoms with Gasteiger partial charge in [-0.2, -0.15) is 5.26 Å². The van der Waals surface area contributed by atoms with Gasteiger partial charge >= 0.3 is 0 Å². The van der Waals surface area contributed by atoms with Gasteiger partial charge in [0, 0.05) is 26.2 Å². The standard InChI is InChI=1S/C28H29N5O/c1-21-4-3-5-25(18-22(21)2)24-8-6-23(7-9-24)19-28(34)31-27-11-10-26(20-30-27)33-16-14-32(13-12-29)15-17-33/h3-11,18,20H,1,13-17,19H2,2H3,(H,30,31,34). The minimum atomic E-state index is -0.0956. The molecule has 2 aliphatic rings. The van der Waals surface area contributed by atoms with Crippen LogP contribution in [0, 0.1) is 11.3 Å². The van der Waals surface area contributed by atoms with Crippen LogP contribution in [-0.4, -0.2) is 48.5 Å². The van der Waals surface area contributed by atoms with Gasteiger partial charge in [-0.05, 0) is 46.9 Å². The summed E-state index contributed by atoms with van der Waals surface area (Å²) in [6.07, 6.45) is 10.3. The molecule has 172 valence electrons. The molecule has 0 saturated carbocycles. The minimum Gasteiger partial charge on any atom is -0.368 e. The Bertz CT molecular complexity index is 1170. The Balaban J connectivity index is 1.31. The number of carbonyl (C=O) groups is 1. The molecule has 6 nitrogen and oxygen atoms in total. The van der Waals surface area contributed by atoms with Crippen molar-refractivity contribution in [1.29, 1.82) is 5.26 Å². The van der Waals surface area contributed by atoms with E-state index >= 15 is 0 Å². The van der Waals surface area contributed by atoms with E-state index in [-0.39, 0.29) is 12.3 Å². The second kappa shape index (κ2) is 10.8. The van der Waals surface area contributed by atoms with E-state index in [0.29, 0.717) is 12.4 Å². The van der Waals surface area contributed by atoms with E-state index in [9.17, 15) is 4.79 Å². The fraction of sp³-hybridized carbons (Fsp3) is 0.250. The van der Waals surface area contributed by atoms with Gasteiger partial charge in [0.05, 0.1) is 30.9 Å². The van der Waals surface area contributed by atoms with Crippen molar-refractivity contribution < 1.29 is 4.79 Å². The molecule has 0 spiro atoms. The maximum absolute atomic E-state index is 12.5. The summed E-state index contributed by atoms with van der Waals surface area (Å²) in [5.74, 6) is 0.450. The highest BCUT2D eigenvalue weighted by Gasteiger charge is 2.17. The summed E-state index contributed by atoms with van der Waals surface area (Å²) in [5.41, 5.74) is 6.36. The van der Waals surface area contributed by atoms with Crippen molar-refractivity contribution >= 4 is 23.0 Å². The van der Waals surface area contributed by atoms with E-state index in [2.05, 4.69) is 51.8 Å². The Morgan fingerprint density at radius 2 is 1.91 bits per heavy atom. The third-order valence-corrected chi connectivity index (χ3v) is 6.15. The molecule has 1 aromatic carbocycles. The van der Waals surface area contributed by atoms with Gasteiger partial charge in [-0.25, -0.2) is 4.98 Å². The van der Waals surface area contributed by atoms with Crippen LogP contribution in [0.1, 0.15) is 18.1 Å². The number of pyridine rings is 1. The summed E-state index contributed by atoms with van der Waals surface area (Å²) >= 11 is 0. The van der Waals surface area contributed by atoms with Crippen LogP contribution >= 0.6 is 0 Å². The molecule has 6 heteroatoms. The normalized spacial score (nSPS) is 16.4. The lowest BCUT2D eigenvalue weighted by atomic mass is 10.00. The van der Waals surface area contributed by atoms with Crippen LogP contribution in [-0.2, 0) is 11.2 Å². The number of allylic oxidation sites excluding steroid dienone is 7. The zero-order chi connectivity index (χ0) is 23.9. The van der Waals surface area contributed by atoms with E-state index in [1.807, 2.05) is 48.6 Å². The molecular weight excluding hydrogens is 422 g/mol. The molecule has 1 aromatic heterocycles. The van der Waals surface area contributed by atoms with E-state index < -0.39 is 0 Å². The molecule has 1 aliphatic heterocycles. The molecule has 1 saturated heterocycles. The molecule has 0 atom stereocenters. The highest BCUT2D eigenvalue weighted by atomic mass is 16.1. The fourth-order valence-corrected chi connectivity index (χ4v) is 4.05. The molecule has 0 bridgehead atoms. The number of hydrogen-bond donors (Lipinski definition) is 1. The number of benzene rings is 1. The predicted octanol–water partition coefficient (Wildman–Crippen LogP) is 4.36. The third-order valence-electron chi connectivity index (χ3n) is 6.15. The lowest BCUT2D eigenvalue weighted by Crippen LogP contribution is -2.46. The molecular formula is C28H29N5O. The van der Waals surface area contributed by atoms with Crippen molar-refractivity contribution in [3.8, 4) is 6.07 Å². The molecule has 0 radical (unpaired) electrons. The summed E-state index contributed by atoms with van der Waals surface area (Å²) in [7, 11) is 0. The van der Waals surface area contributed by atoms with Crippen molar-refractivity contribution in [2.75, 3.05) is 42.9 Å². The minimum absolute atomic E-state index is 0.0956. The number of nitrogens with zero attached hydrogens (tertiary/aromatic N) is 4. The molecule has 34 heavy (non-hydrogen) atoms. The predicted molar refractivity (Wildman–Crippen MR) is 137 cm³/mol. The van der Waals surface area contributed by atoms with Crippen LogP contribution in [0.3, 0.4) is 0 Å². The molecule has 2 heterocycles. The van der Waals surface area contributed by atoms with Gasteiger partial charge < -0.3 is 10.2 Å². The molecule has 0 unspecified atom stereocenters. The summed E-state index contributed by atoms with van der Waals surface area (Å²) < 4.78 is 0. The summed E-state index contributed by atoms with van der Waals surface area (Å²) in [5, 5.41) is 11.7. The zero-order valence-corrected chi connectivity index (χ0v) is 19.5. The van der Waals surface area contributed by atoms with Crippen LogP contribution in [0.2, 0.25) is 0 Å². The second-order valence-corrected chi connectivity index (χ2v) is 8.58. The first-order chi connectivity index (χ1) is 16.5. The molecule has 1 N–H and O–H groups in total. The highest BCUT2D eigenvalue weighted by molar-refractivity contribution is 5.91. The molecule has 4 rings (SSSR count). The zero-order valence-electron chi connectivity index (χ0n) is 19.5. The van der Waals surface area contributed by atoms with Crippen molar-refractivity contribution in [3.05, 3.63) is 95.8 Å². The number of nitrogens with one attached hydrogen (secondary N) is 1. The van der Waals surface area contributed by atoms with Crippen molar-refractivity contribution in [3.63, 3.8) is 0 Å². The molecule has 1 aliphatic carbocycles.